The average molecular weight is 280 g/mol. The lowest BCUT2D eigenvalue weighted by Crippen LogP contribution is -2.19. The molecule has 0 fully saturated rings. The summed E-state index contributed by atoms with van der Waals surface area (Å²) in [5, 5.41) is 3.41. The summed E-state index contributed by atoms with van der Waals surface area (Å²) in [5.74, 6) is 1.89. The third-order valence-electron chi connectivity index (χ3n) is 2.61. The maximum atomic E-state index is 5.59. The van der Waals surface area contributed by atoms with Gasteiger partial charge < -0.3 is 14.8 Å². The quantitative estimate of drug-likeness (QED) is 0.669. The molecular weight excluding hydrogens is 252 g/mol. The van der Waals surface area contributed by atoms with Gasteiger partial charge in [0.2, 0.25) is 5.88 Å². The van der Waals surface area contributed by atoms with Crippen molar-refractivity contribution in [1.82, 2.24) is 10.3 Å². The van der Waals surface area contributed by atoms with Crippen LogP contribution in [0.2, 0.25) is 0 Å². The monoisotopic (exact) mass is 280 g/mol. The number of nitrogens with zero attached hydrogens (tertiary/aromatic N) is 1. The molecular formula is C16H28N2O2. The molecule has 0 bridgehead atoms. The van der Waals surface area contributed by atoms with Crippen LogP contribution in [-0.2, 0) is 11.3 Å². The van der Waals surface area contributed by atoms with Crippen LogP contribution < -0.4 is 10.1 Å². The Labute approximate surface area is 122 Å². The van der Waals surface area contributed by atoms with Gasteiger partial charge in [-0.25, -0.2) is 4.98 Å². The number of ether oxygens (including phenoxy) is 2. The minimum atomic E-state index is 0.544. The van der Waals surface area contributed by atoms with Gasteiger partial charge in [0.25, 0.3) is 0 Å². The molecule has 0 aliphatic heterocycles. The van der Waals surface area contributed by atoms with Crippen molar-refractivity contribution in [3.05, 3.63) is 23.9 Å². The third kappa shape index (κ3) is 8.12. The topological polar surface area (TPSA) is 43.4 Å². The first-order chi connectivity index (χ1) is 9.58. The standard InChI is InChI=1S/C16H28N2O2/c1-13(2)10-17-11-15-5-6-18-16(9-15)20-8-7-19-12-14(3)4/h5-6,9,13-14,17H,7-8,10-12H2,1-4H3. The fraction of sp³-hybridized carbons (Fsp3) is 0.688. The normalized spacial score (nSPS) is 11.3. The minimum absolute atomic E-state index is 0.544. The van der Waals surface area contributed by atoms with Crippen LogP contribution in [0.5, 0.6) is 5.88 Å². The van der Waals surface area contributed by atoms with E-state index in [9.17, 15) is 0 Å². The van der Waals surface area contributed by atoms with Crippen LogP contribution in [0, 0.1) is 11.8 Å². The number of pyridine rings is 1. The highest BCUT2D eigenvalue weighted by Crippen LogP contribution is 2.09. The Morgan fingerprint density at radius 3 is 2.65 bits per heavy atom. The summed E-state index contributed by atoms with van der Waals surface area (Å²) in [7, 11) is 0. The first-order valence-electron chi connectivity index (χ1n) is 7.44. The molecule has 1 rings (SSSR count). The van der Waals surface area contributed by atoms with E-state index in [1.54, 1.807) is 6.20 Å². The number of hydrogen-bond donors (Lipinski definition) is 1. The van der Waals surface area contributed by atoms with Crippen LogP contribution >= 0.6 is 0 Å². The molecule has 0 saturated carbocycles. The second-order valence-electron chi connectivity index (χ2n) is 5.84. The summed E-state index contributed by atoms with van der Waals surface area (Å²) >= 11 is 0. The summed E-state index contributed by atoms with van der Waals surface area (Å²) in [6.07, 6.45) is 1.79. The molecule has 4 nitrogen and oxygen atoms in total. The van der Waals surface area contributed by atoms with Gasteiger partial charge in [-0.1, -0.05) is 27.7 Å². The van der Waals surface area contributed by atoms with Crippen molar-refractivity contribution in [3.63, 3.8) is 0 Å². The van der Waals surface area contributed by atoms with Gasteiger partial charge >= 0.3 is 0 Å². The van der Waals surface area contributed by atoms with Gasteiger partial charge in [0.1, 0.15) is 6.61 Å². The Bertz CT molecular complexity index is 367. The molecule has 0 spiro atoms. The second-order valence-corrected chi connectivity index (χ2v) is 5.84. The lowest BCUT2D eigenvalue weighted by atomic mass is 10.2. The fourth-order valence-electron chi connectivity index (χ4n) is 1.67. The summed E-state index contributed by atoms with van der Waals surface area (Å²) in [6.45, 7) is 12.5. The largest absolute Gasteiger partial charge is 0.475 e. The van der Waals surface area contributed by atoms with Crippen molar-refractivity contribution in [1.29, 1.82) is 0 Å². The van der Waals surface area contributed by atoms with E-state index in [-0.39, 0.29) is 0 Å². The van der Waals surface area contributed by atoms with Gasteiger partial charge in [0, 0.05) is 25.4 Å². The maximum absolute atomic E-state index is 5.59. The molecule has 0 aliphatic carbocycles. The minimum Gasteiger partial charge on any atom is -0.475 e. The van der Waals surface area contributed by atoms with Crippen molar-refractivity contribution >= 4 is 0 Å². The summed E-state index contributed by atoms with van der Waals surface area (Å²) in [6, 6.07) is 3.99. The molecule has 1 aromatic heterocycles. The molecule has 0 unspecified atom stereocenters. The zero-order valence-corrected chi connectivity index (χ0v) is 13.2. The van der Waals surface area contributed by atoms with Gasteiger partial charge in [0.15, 0.2) is 0 Å². The van der Waals surface area contributed by atoms with Gasteiger partial charge in [0.05, 0.1) is 6.61 Å². The van der Waals surface area contributed by atoms with Crippen LogP contribution in [0.15, 0.2) is 18.3 Å². The molecule has 0 saturated heterocycles. The van der Waals surface area contributed by atoms with Crippen molar-refractivity contribution in [2.45, 2.75) is 34.2 Å². The van der Waals surface area contributed by atoms with Crippen molar-refractivity contribution < 1.29 is 9.47 Å². The predicted octanol–water partition coefficient (Wildman–Crippen LogP) is 2.88. The number of hydrogen-bond acceptors (Lipinski definition) is 4. The molecule has 0 aromatic carbocycles. The molecule has 1 N–H and O–H groups in total. The van der Waals surface area contributed by atoms with Gasteiger partial charge in [-0.05, 0) is 30.0 Å². The van der Waals surface area contributed by atoms with Gasteiger partial charge in [-0.15, -0.1) is 0 Å². The van der Waals surface area contributed by atoms with Crippen LogP contribution in [-0.4, -0.2) is 31.3 Å². The van der Waals surface area contributed by atoms with Crippen molar-refractivity contribution in [2.24, 2.45) is 11.8 Å². The molecule has 0 radical (unpaired) electrons. The van der Waals surface area contributed by atoms with Crippen LogP contribution in [0.4, 0.5) is 0 Å². The van der Waals surface area contributed by atoms with E-state index >= 15 is 0 Å². The maximum Gasteiger partial charge on any atom is 0.213 e. The van der Waals surface area contributed by atoms with E-state index in [2.05, 4.69) is 38.0 Å². The van der Waals surface area contributed by atoms with E-state index in [0.29, 0.717) is 30.9 Å². The molecule has 1 heterocycles. The third-order valence-corrected chi connectivity index (χ3v) is 2.61. The Morgan fingerprint density at radius 1 is 1.15 bits per heavy atom. The fourth-order valence-corrected chi connectivity index (χ4v) is 1.67. The van der Waals surface area contributed by atoms with E-state index in [1.165, 1.54) is 5.56 Å². The SMILES string of the molecule is CC(C)CNCc1ccnc(OCCOCC(C)C)c1. The van der Waals surface area contributed by atoms with Crippen LogP contribution in [0.25, 0.3) is 0 Å². The van der Waals surface area contributed by atoms with E-state index in [0.717, 1.165) is 19.7 Å². The van der Waals surface area contributed by atoms with Gasteiger partial charge in [-0.3, -0.25) is 0 Å². The lowest BCUT2D eigenvalue weighted by molar-refractivity contribution is 0.0806. The smallest absolute Gasteiger partial charge is 0.213 e. The molecule has 114 valence electrons. The molecule has 4 heteroatoms. The van der Waals surface area contributed by atoms with E-state index in [4.69, 9.17) is 9.47 Å². The highest BCUT2D eigenvalue weighted by Gasteiger charge is 2.00. The zero-order chi connectivity index (χ0) is 14.8. The van der Waals surface area contributed by atoms with Crippen LogP contribution in [0.3, 0.4) is 0 Å². The second kappa shape index (κ2) is 9.72. The van der Waals surface area contributed by atoms with E-state index < -0.39 is 0 Å². The van der Waals surface area contributed by atoms with Crippen LogP contribution in [0.1, 0.15) is 33.3 Å². The molecule has 0 aliphatic rings. The Balaban J connectivity index is 2.25. The van der Waals surface area contributed by atoms with E-state index in [1.807, 2.05) is 12.1 Å². The molecule has 0 amide bonds. The highest BCUT2D eigenvalue weighted by atomic mass is 16.5. The lowest BCUT2D eigenvalue weighted by Gasteiger charge is -2.10. The first kappa shape index (κ1) is 16.9. The average Bonchev–Trinajstić information content (AvgIpc) is 2.38. The number of nitrogens with one attached hydrogen (secondary N) is 1. The number of rotatable bonds is 10. The Morgan fingerprint density at radius 2 is 1.95 bits per heavy atom. The van der Waals surface area contributed by atoms with Crippen molar-refractivity contribution in [2.75, 3.05) is 26.4 Å². The zero-order valence-electron chi connectivity index (χ0n) is 13.2. The Hall–Kier alpha value is -1.13. The van der Waals surface area contributed by atoms with Gasteiger partial charge in [-0.2, -0.15) is 0 Å². The summed E-state index contributed by atoms with van der Waals surface area (Å²) < 4.78 is 11.1. The summed E-state index contributed by atoms with van der Waals surface area (Å²) in [5.41, 5.74) is 1.19. The summed E-state index contributed by atoms with van der Waals surface area (Å²) in [4.78, 5) is 4.21. The number of aromatic nitrogens is 1. The molecule has 0 atom stereocenters. The highest BCUT2D eigenvalue weighted by molar-refractivity contribution is 5.20. The Kier molecular flexibility index (Phi) is 8.23. The predicted molar refractivity (Wildman–Crippen MR) is 81.9 cm³/mol. The molecule has 20 heavy (non-hydrogen) atoms. The molecule has 1 aromatic rings. The van der Waals surface area contributed by atoms with Crippen molar-refractivity contribution in [3.8, 4) is 5.88 Å². The first-order valence-corrected chi connectivity index (χ1v) is 7.44.